The Morgan fingerprint density at radius 2 is 1.72 bits per heavy atom. The SMILES string of the molecule is Nc1ccc(C(=O)/C=C/c2ccccc2Br)cc1. The van der Waals surface area contributed by atoms with Gasteiger partial charge in [0, 0.05) is 15.7 Å². The van der Waals surface area contributed by atoms with Crippen LogP contribution in [0.1, 0.15) is 15.9 Å². The van der Waals surface area contributed by atoms with Crippen molar-refractivity contribution in [2.75, 3.05) is 5.73 Å². The molecule has 0 saturated heterocycles. The molecule has 0 spiro atoms. The van der Waals surface area contributed by atoms with E-state index in [1.165, 1.54) is 0 Å². The molecule has 0 unspecified atom stereocenters. The van der Waals surface area contributed by atoms with Crippen molar-refractivity contribution in [2.45, 2.75) is 0 Å². The second-order valence-electron chi connectivity index (χ2n) is 3.84. The third-order valence-corrected chi connectivity index (χ3v) is 3.24. The van der Waals surface area contributed by atoms with Gasteiger partial charge < -0.3 is 5.73 Å². The minimum atomic E-state index is -0.0363. The molecule has 0 aromatic heterocycles. The van der Waals surface area contributed by atoms with Crippen molar-refractivity contribution in [1.82, 2.24) is 0 Å². The molecule has 2 N–H and O–H groups in total. The van der Waals surface area contributed by atoms with Gasteiger partial charge in [-0.1, -0.05) is 34.1 Å². The number of anilines is 1. The number of halogens is 1. The highest BCUT2D eigenvalue weighted by atomic mass is 79.9. The van der Waals surface area contributed by atoms with E-state index in [0.717, 1.165) is 10.0 Å². The molecular weight excluding hydrogens is 290 g/mol. The zero-order chi connectivity index (χ0) is 13.0. The molecule has 0 saturated carbocycles. The smallest absolute Gasteiger partial charge is 0.185 e. The van der Waals surface area contributed by atoms with Crippen molar-refractivity contribution in [3.05, 3.63) is 70.2 Å². The Kier molecular flexibility index (Phi) is 3.95. The predicted molar refractivity (Wildman–Crippen MR) is 78.4 cm³/mol. The van der Waals surface area contributed by atoms with Gasteiger partial charge in [-0.2, -0.15) is 0 Å². The minimum absolute atomic E-state index is 0.0363. The van der Waals surface area contributed by atoms with E-state index in [4.69, 9.17) is 5.73 Å². The molecule has 3 heteroatoms. The molecule has 0 fully saturated rings. The summed E-state index contributed by atoms with van der Waals surface area (Å²) >= 11 is 3.43. The number of nitrogen functional groups attached to an aromatic ring is 1. The number of carbonyl (C=O) groups excluding carboxylic acids is 1. The molecule has 0 atom stereocenters. The molecule has 0 radical (unpaired) electrons. The van der Waals surface area contributed by atoms with Gasteiger partial charge in [0.25, 0.3) is 0 Å². The third-order valence-electron chi connectivity index (χ3n) is 2.51. The van der Waals surface area contributed by atoms with Crippen LogP contribution in [0.3, 0.4) is 0 Å². The van der Waals surface area contributed by atoms with E-state index >= 15 is 0 Å². The second kappa shape index (κ2) is 5.65. The largest absolute Gasteiger partial charge is 0.399 e. The van der Waals surface area contributed by atoms with Crippen molar-refractivity contribution in [1.29, 1.82) is 0 Å². The maximum absolute atomic E-state index is 11.9. The molecule has 90 valence electrons. The van der Waals surface area contributed by atoms with E-state index in [9.17, 15) is 4.79 Å². The lowest BCUT2D eigenvalue weighted by molar-refractivity contribution is 0.104. The molecule has 0 aliphatic carbocycles. The predicted octanol–water partition coefficient (Wildman–Crippen LogP) is 3.93. The van der Waals surface area contributed by atoms with Crippen LogP contribution < -0.4 is 5.73 Å². The summed E-state index contributed by atoms with van der Waals surface area (Å²) in [5, 5.41) is 0. The van der Waals surface area contributed by atoms with Gasteiger partial charge in [0.05, 0.1) is 0 Å². The Morgan fingerprint density at radius 3 is 2.39 bits per heavy atom. The number of benzene rings is 2. The molecule has 0 bridgehead atoms. The minimum Gasteiger partial charge on any atom is -0.399 e. The average molecular weight is 302 g/mol. The Balaban J connectivity index is 2.17. The first-order chi connectivity index (χ1) is 8.66. The lowest BCUT2D eigenvalue weighted by Gasteiger charge is -1.98. The van der Waals surface area contributed by atoms with Crippen molar-refractivity contribution in [3.8, 4) is 0 Å². The van der Waals surface area contributed by atoms with Crippen molar-refractivity contribution in [2.24, 2.45) is 0 Å². The van der Waals surface area contributed by atoms with Crippen LogP contribution in [0, 0.1) is 0 Å². The molecule has 0 aliphatic heterocycles. The molecule has 0 heterocycles. The first-order valence-corrected chi connectivity index (χ1v) is 6.28. The Morgan fingerprint density at radius 1 is 1.06 bits per heavy atom. The van der Waals surface area contributed by atoms with Gasteiger partial charge in [-0.05, 0) is 48.0 Å². The topological polar surface area (TPSA) is 43.1 Å². The van der Waals surface area contributed by atoms with Gasteiger partial charge in [-0.15, -0.1) is 0 Å². The summed E-state index contributed by atoms with van der Waals surface area (Å²) in [5.74, 6) is -0.0363. The number of hydrogen-bond donors (Lipinski definition) is 1. The lowest BCUT2D eigenvalue weighted by Crippen LogP contribution is -1.94. The molecular formula is C15H12BrNO. The van der Waals surface area contributed by atoms with Crippen LogP contribution in [0.2, 0.25) is 0 Å². The van der Waals surface area contributed by atoms with E-state index in [1.54, 1.807) is 36.4 Å². The van der Waals surface area contributed by atoms with Gasteiger partial charge >= 0.3 is 0 Å². The van der Waals surface area contributed by atoms with Gasteiger partial charge in [-0.3, -0.25) is 4.79 Å². The number of rotatable bonds is 3. The molecule has 2 aromatic carbocycles. The van der Waals surface area contributed by atoms with Gasteiger partial charge in [0.2, 0.25) is 0 Å². The third kappa shape index (κ3) is 3.08. The number of nitrogens with two attached hydrogens (primary N) is 1. The first-order valence-electron chi connectivity index (χ1n) is 5.49. The fourth-order valence-electron chi connectivity index (χ4n) is 1.52. The van der Waals surface area contributed by atoms with Crippen molar-refractivity contribution < 1.29 is 4.79 Å². The summed E-state index contributed by atoms with van der Waals surface area (Å²) in [6, 6.07) is 14.6. The Labute approximate surface area is 114 Å². The van der Waals surface area contributed by atoms with Crippen LogP contribution in [-0.4, -0.2) is 5.78 Å². The zero-order valence-electron chi connectivity index (χ0n) is 9.64. The van der Waals surface area contributed by atoms with Crippen LogP contribution in [0.15, 0.2) is 59.1 Å². The van der Waals surface area contributed by atoms with E-state index < -0.39 is 0 Å². The second-order valence-corrected chi connectivity index (χ2v) is 4.70. The summed E-state index contributed by atoms with van der Waals surface area (Å²) in [6.45, 7) is 0. The zero-order valence-corrected chi connectivity index (χ0v) is 11.2. The van der Waals surface area contributed by atoms with Gasteiger partial charge in [-0.25, -0.2) is 0 Å². The fraction of sp³-hybridized carbons (Fsp3) is 0. The van der Waals surface area contributed by atoms with E-state index in [2.05, 4.69) is 15.9 Å². The van der Waals surface area contributed by atoms with Crippen LogP contribution in [-0.2, 0) is 0 Å². The molecule has 2 rings (SSSR count). The Bertz CT molecular complexity index is 588. The summed E-state index contributed by atoms with van der Waals surface area (Å²) in [4.78, 5) is 11.9. The fourth-order valence-corrected chi connectivity index (χ4v) is 1.94. The van der Waals surface area contributed by atoms with Crippen LogP contribution >= 0.6 is 15.9 Å². The quantitative estimate of drug-likeness (QED) is 0.530. The highest BCUT2D eigenvalue weighted by Crippen LogP contribution is 2.17. The Hall–Kier alpha value is -1.87. The monoisotopic (exact) mass is 301 g/mol. The highest BCUT2D eigenvalue weighted by molar-refractivity contribution is 9.10. The summed E-state index contributed by atoms with van der Waals surface area (Å²) in [5.41, 5.74) is 7.84. The number of carbonyl (C=O) groups is 1. The lowest BCUT2D eigenvalue weighted by atomic mass is 10.1. The number of ketones is 1. The molecule has 0 aliphatic rings. The van der Waals surface area contributed by atoms with Crippen LogP contribution in [0.4, 0.5) is 5.69 Å². The van der Waals surface area contributed by atoms with Gasteiger partial charge in [0.15, 0.2) is 5.78 Å². The standard InChI is InChI=1S/C15H12BrNO/c16-14-4-2-1-3-11(14)7-10-15(18)12-5-8-13(17)9-6-12/h1-10H,17H2/b10-7+. The summed E-state index contributed by atoms with van der Waals surface area (Å²) in [6.07, 6.45) is 3.36. The first kappa shape index (κ1) is 12.6. The van der Waals surface area contributed by atoms with Crippen molar-refractivity contribution >= 4 is 33.5 Å². The van der Waals surface area contributed by atoms with Gasteiger partial charge in [0.1, 0.15) is 0 Å². The maximum atomic E-state index is 11.9. The normalized spacial score (nSPS) is 10.7. The molecule has 2 nitrogen and oxygen atoms in total. The van der Waals surface area contributed by atoms with E-state index in [1.807, 2.05) is 24.3 Å². The summed E-state index contributed by atoms with van der Waals surface area (Å²) in [7, 11) is 0. The molecule has 2 aromatic rings. The van der Waals surface area contributed by atoms with Crippen LogP contribution in [0.5, 0.6) is 0 Å². The number of allylic oxidation sites excluding steroid dienone is 1. The van der Waals surface area contributed by atoms with Crippen molar-refractivity contribution in [3.63, 3.8) is 0 Å². The van der Waals surface area contributed by atoms with E-state index in [0.29, 0.717) is 11.3 Å². The maximum Gasteiger partial charge on any atom is 0.185 e. The van der Waals surface area contributed by atoms with Crippen LogP contribution in [0.25, 0.3) is 6.08 Å². The molecule has 0 amide bonds. The molecule has 18 heavy (non-hydrogen) atoms. The average Bonchev–Trinajstić information content (AvgIpc) is 2.38. The number of hydrogen-bond acceptors (Lipinski definition) is 2. The summed E-state index contributed by atoms with van der Waals surface area (Å²) < 4.78 is 0.964. The highest BCUT2D eigenvalue weighted by Gasteiger charge is 2.01. The van der Waals surface area contributed by atoms with E-state index in [-0.39, 0.29) is 5.78 Å².